The van der Waals surface area contributed by atoms with E-state index in [4.69, 9.17) is 0 Å². The van der Waals surface area contributed by atoms with Crippen molar-refractivity contribution in [2.75, 3.05) is 17.2 Å². The topological polar surface area (TPSA) is 70.1 Å². The van der Waals surface area contributed by atoms with Crippen molar-refractivity contribution in [1.82, 2.24) is 9.97 Å². The van der Waals surface area contributed by atoms with Gasteiger partial charge >= 0.3 is 6.18 Å². The minimum atomic E-state index is -4.46. The van der Waals surface area contributed by atoms with Crippen molar-refractivity contribution in [3.63, 3.8) is 0 Å². The Kier molecular flexibility index (Phi) is 6.14. The van der Waals surface area contributed by atoms with Gasteiger partial charge in [0, 0.05) is 22.1 Å². The molecule has 3 N–H and O–H groups in total. The number of rotatable bonds is 7. The van der Waals surface area contributed by atoms with E-state index < -0.39 is 11.7 Å². The highest BCUT2D eigenvalue weighted by Crippen LogP contribution is 2.41. The maximum atomic E-state index is 13.2. The number of aliphatic hydroxyl groups excluding tert-OH is 1. The fourth-order valence-electron chi connectivity index (χ4n) is 2.74. The fourth-order valence-corrected chi connectivity index (χ4v) is 3.21. The summed E-state index contributed by atoms with van der Waals surface area (Å²) in [6, 6.07) is 5.50. The standard InChI is InChI=1S/C19H22BrF3N4O/c1-10(2)16(9-28)26-18-25-15(11-3-4-11)8-17(27-18)24-12-5-6-14(20)13(7-12)19(21,22)23/h5-8,10-11,16,28H,3-4,9H2,1-2H3,(H2,24,25,26,27)/t16-/m0/s1. The molecule has 0 amide bonds. The molecule has 0 saturated heterocycles. The molecule has 5 nitrogen and oxygen atoms in total. The van der Waals surface area contributed by atoms with Crippen LogP contribution in [0.3, 0.4) is 0 Å². The molecule has 0 unspecified atom stereocenters. The Morgan fingerprint density at radius 1 is 1.21 bits per heavy atom. The SMILES string of the molecule is CC(C)[C@H](CO)Nc1nc(Nc2ccc(Br)c(C(F)(F)F)c2)cc(C2CC2)n1. The third-order valence-corrected chi connectivity index (χ3v) is 5.29. The number of halogens is 4. The van der Waals surface area contributed by atoms with Crippen LogP contribution in [-0.2, 0) is 6.18 Å². The number of benzene rings is 1. The first-order valence-electron chi connectivity index (χ1n) is 9.07. The number of hydrogen-bond acceptors (Lipinski definition) is 5. The van der Waals surface area contributed by atoms with Gasteiger partial charge in [0.2, 0.25) is 5.95 Å². The first-order valence-corrected chi connectivity index (χ1v) is 9.87. The number of nitrogens with zero attached hydrogens (tertiary/aromatic N) is 2. The Morgan fingerprint density at radius 2 is 1.93 bits per heavy atom. The molecule has 1 fully saturated rings. The lowest BCUT2D eigenvalue weighted by molar-refractivity contribution is -0.138. The van der Waals surface area contributed by atoms with Gasteiger partial charge in [-0.05, 0) is 37.0 Å². The molecule has 1 saturated carbocycles. The van der Waals surface area contributed by atoms with Crippen LogP contribution in [-0.4, -0.2) is 27.7 Å². The zero-order valence-corrected chi connectivity index (χ0v) is 17.1. The van der Waals surface area contributed by atoms with Crippen molar-refractivity contribution in [2.24, 2.45) is 5.92 Å². The van der Waals surface area contributed by atoms with Crippen molar-refractivity contribution in [2.45, 2.75) is 44.8 Å². The third kappa shape index (κ3) is 5.14. The lowest BCUT2D eigenvalue weighted by Crippen LogP contribution is -2.30. The molecule has 1 aromatic carbocycles. The summed E-state index contributed by atoms with van der Waals surface area (Å²) < 4.78 is 39.4. The Bertz CT molecular complexity index is 840. The molecule has 1 aliphatic carbocycles. The summed E-state index contributed by atoms with van der Waals surface area (Å²) in [7, 11) is 0. The van der Waals surface area contributed by atoms with E-state index in [1.54, 1.807) is 12.1 Å². The van der Waals surface area contributed by atoms with E-state index in [1.807, 2.05) is 13.8 Å². The molecule has 0 radical (unpaired) electrons. The van der Waals surface area contributed by atoms with Gasteiger partial charge in [-0.2, -0.15) is 18.2 Å². The van der Waals surface area contributed by atoms with E-state index in [2.05, 4.69) is 36.5 Å². The smallest absolute Gasteiger partial charge is 0.394 e. The van der Waals surface area contributed by atoms with Crippen molar-refractivity contribution < 1.29 is 18.3 Å². The van der Waals surface area contributed by atoms with Crippen LogP contribution >= 0.6 is 15.9 Å². The molecule has 0 spiro atoms. The van der Waals surface area contributed by atoms with E-state index >= 15 is 0 Å². The predicted octanol–water partition coefficient (Wildman–Crippen LogP) is 5.31. The molecule has 0 bridgehead atoms. The summed E-state index contributed by atoms with van der Waals surface area (Å²) in [6.45, 7) is 3.87. The normalized spacial score (nSPS) is 15.6. The molecule has 9 heteroatoms. The molecular weight excluding hydrogens is 437 g/mol. The molecule has 3 rings (SSSR count). The van der Waals surface area contributed by atoms with Crippen molar-refractivity contribution in [1.29, 1.82) is 0 Å². The summed E-state index contributed by atoms with van der Waals surface area (Å²) in [5.41, 5.74) is 0.366. The molecular formula is C19H22BrF3N4O. The van der Waals surface area contributed by atoms with Crippen molar-refractivity contribution in [3.05, 3.63) is 40.0 Å². The Balaban J connectivity index is 1.89. The maximum absolute atomic E-state index is 13.2. The van der Waals surface area contributed by atoms with Crippen LogP contribution in [0.5, 0.6) is 0 Å². The van der Waals surface area contributed by atoms with Crippen LogP contribution in [0.4, 0.5) is 30.6 Å². The molecule has 28 heavy (non-hydrogen) atoms. The van der Waals surface area contributed by atoms with Gasteiger partial charge in [-0.1, -0.05) is 29.8 Å². The molecule has 1 heterocycles. The Hall–Kier alpha value is -1.87. The van der Waals surface area contributed by atoms with E-state index in [0.29, 0.717) is 17.7 Å². The average molecular weight is 459 g/mol. The average Bonchev–Trinajstić information content (AvgIpc) is 3.45. The summed E-state index contributed by atoms with van der Waals surface area (Å²) in [6.07, 6.45) is -2.40. The zero-order chi connectivity index (χ0) is 20.5. The summed E-state index contributed by atoms with van der Waals surface area (Å²) in [5.74, 6) is 1.27. The van der Waals surface area contributed by atoms with Crippen LogP contribution in [0, 0.1) is 5.92 Å². The maximum Gasteiger partial charge on any atom is 0.417 e. The first kappa shape index (κ1) is 20.9. The first-order chi connectivity index (χ1) is 13.2. The number of alkyl halides is 3. The molecule has 1 aliphatic rings. The van der Waals surface area contributed by atoms with Crippen LogP contribution in [0.15, 0.2) is 28.7 Å². The van der Waals surface area contributed by atoms with Crippen molar-refractivity contribution in [3.8, 4) is 0 Å². The lowest BCUT2D eigenvalue weighted by atomic mass is 10.1. The number of aliphatic hydroxyl groups is 1. The molecule has 0 aliphatic heterocycles. The van der Waals surface area contributed by atoms with Crippen LogP contribution in [0.25, 0.3) is 0 Å². The van der Waals surface area contributed by atoms with Gasteiger partial charge in [0.15, 0.2) is 0 Å². The number of hydrogen-bond donors (Lipinski definition) is 3. The highest BCUT2D eigenvalue weighted by Gasteiger charge is 2.33. The molecule has 2 aromatic rings. The van der Waals surface area contributed by atoms with E-state index in [9.17, 15) is 18.3 Å². The van der Waals surface area contributed by atoms with Gasteiger partial charge < -0.3 is 15.7 Å². The van der Waals surface area contributed by atoms with Crippen LogP contribution in [0.2, 0.25) is 0 Å². The Morgan fingerprint density at radius 3 is 2.50 bits per heavy atom. The molecule has 1 aromatic heterocycles. The van der Waals surface area contributed by atoms with Gasteiger partial charge in [-0.3, -0.25) is 0 Å². The second-order valence-corrected chi connectivity index (χ2v) is 8.13. The predicted molar refractivity (Wildman–Crippen MR) is 106 cm³/mol. The quantitative estimate of drug-likeness (QED) is 0.524. The molecule has 1 atom stereocenters. The highest BCUT2D eigenvalue weighted by atomic mass is 79.9. The van der Waals surface area contributed by atoms with E-state index in [0.717, 1.165) is 24.6 Å². The monoisotopic (exact) mass is 458 g/mol. The van der Waals surface area contributed by atoms with E-state index in [1.165, 1.54) is 6.07 Å². The lowest BCUT2D eigenvalue weighted by Gasteiger charge is -2.21. The summed E-state index contributed by atoms with van der Waals surface area (Å²) >= 11 is 2.94. The summed E-state index contributed by atoms with van der Waals surface area (Å²) in [5, 5.41) is 15.6. The zero-order valence-electron chi connectivity index (χ0n) is 15.5. The van der Waals surface area contributed by atoms with Gasteiger partial charge in [0.1, 0.15) is 5.82 Å². The van der Waals surface area contributed by atoms with Crippen molar-refractivity contribution >= 4 is 33.4 Å². The summed E-state index contributed by atoms with van der Waals surface area (Å²) in [4.78, 5) is 8.90. The minimum Gasteiger partial charge on any atom is -0.394 e. The van der Waals surface area contributed by atoms with E-state index in [-0.39, 0.29) is 28.7 Å². The largest absolute Gasteiger partial charge is 0.417 e. The van der Waals surface area contributed by atoms with Crippen LogP contribution < -0.4 is 10.6 Å². The van der Waals surface area contributed by atoms with Gasteiger partial charge in [0.05, 0.1) is 23.9 Å². The second kappa shape index (κ2) is 8.24. The fraction of sp³-hybridized carbons (Fsp3) is 0.474. The highest BCUT2D eigenvalue weighted by molar-refractivity contribution is 9.10. The third-order valence-electron chi connectivity index (χ3n) is 4.60. The second-order valence-electron chi connectivity index (χ2n) is 7.27. The van der Waals surface area contributed by atoms with Gasteiger partial charge in [-0.25, -0.2) is 4.98 Å². The Labute approximate surface area is 169 Å². The van der Waals surface area contributed by atoms with Gasteiger partial charge in [-0.15, -0.1) is 0 Å². The number of anilines is 3. The van der Waals surface area contributed by atoms with Gasteiger partial charge in [0.25, 0.3) is 0 Å². The number of nitrogens with one attached hydrogen (secondary N) is 2. The molecule has 152 valence electrons. The minimum absolute atomic E-state index is 0.0167. The van der Waals surface area contributed by atoms with Crippen LogP contribution in [0.1, 0.15) is 43.9 Å². The number of aromatic nitrogens is 2.